The number of carbonyl (C=O) groups is 2. The van der Waals surface area contributed by atoms with Crippen molar-refractivity contribution in [3.8, 4) is 0 Å². The summed E-state index contributed by atoms with van der Waals surface area (Å²) in [5.74, 6) is -0.660. The molecule has 0 aliphatic carbocycles. The van der Waals surface area contributed by atoms with Crippen LogP contribution < -0.4 is 5.32 Å². The van der Waals surface area contributed by atoms with Gasteiger partial charge in [-0.3, -0.25) is 9.59 Å². The van der Waals surface area contributed by atoms with Crippen LogP contribution in [0, 0.1) is 0 Å². The van der Waals surface area contributed by atoms with Gasteiger partial charge in [-0.05, 0) is 12.8 Å². The summed E-state index contributed by atoms with van der Waals surface area (Å²) in [4.78, 5) is 24.7. The van der Waals surface area contributed by atoms with Crippen molar-refractivity contribution in [1.82, 2.24) is 5.32 Å². The van der Waals surface area contributed by atoms with Crippen LogP contribution in [0.25, 0.3) is 0 Å². The molecule has 220 valence electrons. The Morgan fingerprint density at radius 3 is 1.78 bits per heavy atom. The van der Waals surface area contributed by atoms with Crippen LogP contribution in [0.1, 0.15) is 123 Å². The molecule has 8 nitrogen and oxygen atoms in total. The van der Waals surface area contributed by atoms with Crippen molar-refractivity contribution in [2.24, 2.45) is 0 Å². The van der Waals surface area contributed by atoms with E-state index in [0.29, 0.717) is 12.8 Å². The Balaban J connectivity index is 0.0000130. The van der Waals surface area contributed by atoms with Gasteiger partial charge in [0.2, 0.25) is 0 Å². The highest BCUT2D eigenvalue weighted by Gasteiger charge is 2.38. The Labute approximate surface area is 230 Å². The molecule has 4 N–H and O–H groups in total. The summed E-state index contributed by atoms with van der Waals surface area (Å²) in [5, 5.41) is 33.1. The molecule has 9 heteroatoms. The summed E-state index contributed by atoms with van der Waals surface area (Å²) >= 11 is 0. The number of halogens is 1. The average Bonchev–Trinajstić information content (AvgIpc) is 2.86. The number of hydrogen-bond acceptors (Lipinski definition) is 8. The van der Waals surface area contributed by atoms with Gasteiger partial charge in [0, 0.05) is 31.8 Å². The monoisotopic (exact) mass is 551 g/mol. The highest BCUT2D eigenvalue weighted by atomic mass is 35.5. The Kier molecular flexibility index (Phi) is 22.4. The topological polar surface area (TPSA) is 125 Å². The molecule has 0 spiro atoms. The largest absolute Gasteiger partial charge is 0.462 e. The van der Waals surface area contributed by atoms with E-state index in [1.165, 1.54) is 51.4 Å². The van der Waals surface area contributed by atoms with Gasteiger partial charge in [-0.1, -0.05) is 90.9 Å². The number of β-amino-alcohol motifs (C(OH)–C–C–N with tert-alkyl or cyclic N) is 1. The molecular formula is C28H54ClNO7. The third-order valence-corrected chi connectivity index (χ3v) is 6.96. The van der Waals surface area contributed by atoms with E-state index in [-0.39, 0.29) is 43.9 Å². The highest BCUT2D eigenvalue weighted by Crippen LogP contribution is 2.18. The van der Waals surface area contributed by atoms with Crippen LogP contribution in [0.4, 0.5) is 0 Å². The van der Waals surface area contributed by atoms with Crippen LogP contribution in [0.2, 0.25) is 0 Å². The molecule has 0 bridgehead atoms. The molecule has 0 aromatic carbocycles. The van der Waals surface area contributed by atoms with Crippen LogP contribution in [0.15, 0.2) is 0 Å². The fourth-order valence-corrected chi connectivity index (χ4v) is 4.59. The van der Waals surface area contributed by atoms with Crippen LogP contribution in [0.5, 0.6) is 0 Å². The molecule has 5 atom stereocenters. The van der Waals surface area contributed by atoms with Gasteiger partial charge in [0.05, 0.1) is 12.2 Å². The Morgan fingerprint density at radius 1 is 0.757 bits per heavy atom. The number of carbonyl (C=O) groups excluding carboxylic acids is 2. The van der Waals surface area contributed by atoms with E-state index < -0.39 is 30.5 Å². The van der Waals surface area contributed by atoms with E-state index in [9.17, 15) is 24.9 Å². The maximum Gasteiger partial charge on any atom is 0.306 e. The van der Waals surface area contributed by atoms with E-state index in [2.05, 4.69) is 19.2 Å². The number of aliphatic hydroxyl groups excluding tert-OH is 3. The van der Waals surface area contributed by atoms with Crippen LogP contribution in [0.3, 0.4) is 0 Å². The van der Waals surface area contributed by atoms with Crippen LogP contribution in [-0.2, 0) is 19.1 Å². The second-order valence-electron chi connectivity index (χ2n) is 10.3. The first-order valence-electron chi connectivity index (χ1n) is 14.5. The lowest BCUT2D eigenvalue weighted by atomic mass is 9.92. The van der Waals surface area contributed by atoms with Gasteiger partial charge in [-0.15, -0.1) is 12.4 Å². The van der Waals surface area contributed by atoms with Gasteiger partial charge in [-0.2, -0.15) is 0 Å². The molecule has 1 fully saturated rings. The van der Waals surface area contributed by atoms with E-state index in [1.54, 1.807) is 0 Å². The first-order valence-corrected chi connectivity index (χ1v) is 14.5. The summed E-state index contributed by atoms with van der Waals surface area (Å²) in [5.41, 5.74) is 0. The standard InChI is InChI=1S/C28H53NO7.ClH/c1-3-5-7-9-11-13-15-17-25(31)35-21-22(19-23-27(33)28(34)24(30)20-29-23)36-26(32)18-16-14-12-10-8-6-4-2;/h22-24,27-30,33-34H,3-21H2,1-2H3;1H/t22-,23+,24+,27-,28-;/m0./s1. The predicted octanol–water partition coefficient (Wildman–Crippen LogP) is 4.59. The van der Waals surface area contributed by atoms with Crippen molar-refractivity contribution in [3.05, 3.63) is 0 Å². The summed E-state index contributed by atoms with van der Waals surface area (Å²) in [6.07, 6.45) is 12.0. The molecule has 1 aliphatic rings. The molecule has 0 aromatic rings. The zero-order valence-electron chi connectivity index (χ0n) is 23.2. The zero-order chi connectivity index (χ0) is 26.6. The van der Waals surface area contributed by atoms with Gasteiger partial charge in [0.1, 0.15) is 18.8 Å². The molecule has 1 rings (SSSR count). The fraction of sp³-hybridized carbons (Fsp3) is 0.929. The quantitative estimate of drug-likeness (QED) is 0.121. The molecule has 1 heterocycles. The SMILES string of the molecule is CCCCCCCCCC(=O)OC[C@H](C[C@H]1NC[C@@H](O)[C@H](O)[C@H]1O)OC(=O)CCCCCCCCC.Cl. The first-order chi connectivity index (χ1) is 17.4. The van der Waals surface area contributed by atoms with Crippen LogP contribution >= 0.6 is 12.4 Å². The van der Waals surface area contributed by atoms with E-state index >= 15 is 0 Å². The Hall–Kier alpha value is -0.930. The predicted molar refractivity (Wildman–Crippen MR) is 148 cm³/mol. The van der Waals surface area contributed by atoms with Crippen molar-refractivity contribution in [2.75, 3.05) is 13.2 Å². The number of hydrogen-bond donors (Lipinski definition) is 4. The summed E-state index contributed by atoms with van der Waals surface area (Å²) in [6, 6.07) is -0.582. The molecule has 0 saturated carbocycles. The van der Waals surface area contributed by atoms with Gasteiger partial charge in [0.15, 0.2) is 0 Å². The zero-order valence-corrected chi connectivity index (χ0v) is 24.0. The van der Waals surface area contributed by atoms with Gasteiger partial charge >= 0.3 is 11.9 Å². The normalized spacial score (nSPS) is 22.2. The van der Waals surface area contributed by atoms with Crippen molar-refractivity contribution in [1.29, 1.82) is 0 Å². The number of nitrogens with one attached hydrogen (secondary N) is 1. The van der Waals surface area contributed by atoms with Gasteiger partial charge in [-0.25, -0.2) is 0 Å². The van der Waals surface area contributed by atoms with Gasteiger partial charge in [0.25, 0.3) is 0 Å². The third kappa shape index (κ3) is 17.3. The second-order valence-corrected chi connectivity index (χ2v) is 10.3. The molecule has 37 heavy (non-hydrogen) atoms. The van der Waals surface area contributed by atoms with Crippen molar-refractivity contribution in [2.45, 2.75) is 153 Å². The lowest BCUT2D eigenvalue weighted by molar-refractivity contribution is -0.162. The Morgan fingerprint density at radius 2 is 1.24 bits per heavy atom. The lowest BCUT2D eigenvalue weighted by Gasteiger charge is -2.37. The fourth-order valence-electron chi connectivity index (χ4n) is 4.59. The minimum Gasteiger partial charge on any atom is -0.462 e. The third-order valence-electron chi connectivity index (χ3n) is 6.96. The first kappa shape index (κ1) is 36.1. The van der Waals surface area contributed by atoms with E-state index in [4.69, 9.17) is 9.47 Å². The van der Waals surface area contributed by atoms with E-state index in [1.807, 2.05) is 0 Å². The average molecular weight is 552 g/mol. The summed E-state index contributed by atoms with van der Waals surface area (Å²) < 4.78 is 11.0. The maximum atomic E-state index is 12.5. The highest BCUT2D eigenvalue weighted by molar-refractivity contribution is 5.85. The molecule has 0 radical (unpaired) electrons. The number of aliphatic hydroxyl groups is 3. The molecule has 1 saturated heterocycles. The number of unbranched alkanes of at least 4 members (excludes halogenated alkanes) is 12. The number of esters is 2. The Bertz CT molecular complexity index is 581. The smallest absolute Gasteiger partial charge is 0.306 e. The van der Waals surface area contributed by atoms with Crippen LogP contribution in [-0.4, -0.2) is 70.9 Å². The molecule has 1 aliphatic heterocycles. The molecule has 0 aromatic heterocycles. The summed E-state index contributed by atoms with van der Waals surface area (Å²) in [7, 11) is 0. The van der Waals surface area contributed by atoms with Crippen molar-refractivity contribution in [3.63, 3.8) is 0 Å². The number of rotatable bonds is 21. The lowest BCUT2D eigenvalue weighted by Crippen LogP contribution is -2.60. The van der Waals surface area contributed by atoms with Crippen molar-refractivity contribution >= 4 is 24.3 Å². The van der Waals surface area contributed by atoms with E-state index in [0.717, 1.165) is 38.5 Å². The number of ether oxygens (including phenoxy) is 2. The second kappa shape index (κ2) is 23.0. The minimum absolute atomic E-state index is 0. The molecular weight excluding hydrogens is 498 g/mol. The molecule has 0 amide bonds. The minimum atomic E-state index is -1.28. The van der Waals surface area contributed by atoms with Gasteiger partial charge < -0.3 is 30.1 Å². The number of piperidine rings is 1. The maximum absolute atomic E-state index is 12.5. The van der Waals surface area contributed by atoms with Crippen molar-refractivity contribution < 1.29 is 34.4 Å². The molecule has 0 unspecified atom stereocenters. The summed E-state index contributed by atoms with van der Waals surface area (Å²) in [6.45, 7) is 4.41.